The lowest BCUT2D eigenvalue weighted by Crippen LogP contribution is -2.46. The van der Waals surface area contributed by atoms with E-state index >= 15 is 0 Å². The third kappa shape index (κ3) is 5.63. The highest BCUT2D eigenvalue weighted by molar-refractivity contribution is 5.36. The largest absolute Gasteiger partial charge is 0.488 e. The van der Waals surface area contributed by atoms with Gasteiger partial charge in [0.1, 0.15) is 5.75 Å². The van der Waals surface area contributed by atoms with Gasteiger partial charge in [0.2, 0.25) is 5.60 Å². The van der Waals surface area contributed by atoms with Crippen molar-refractivity contribution in [3.63, 3.8) is 0 Å². The molecular weight excluding hydrogens is 466 g/mol. The van der Waals surface area contributed by atoms with Crippen LogP contribution in [0.1, 0.15) is 18.1 Å². The van der Waals surface area contributed by atoms with E-state index in [9.17, 15) is 31.4 Å². The second-order valence-electron chi connectivity index (χ2n) is 7.23. The number of halogens is 6. The molecule has 182 valence electrons. The molecular formula is C24H20F6O4. The molecule has 0 fully saturated rings. The van der Waals surface area contributed by atoms with E-state index < -0.39 is 53.8 Å². The van der Waals surface area contributed by atoms with Gasteiger partial charge in [-0.15, -0.1) is 0 Å². The van der Waals surface area contributed by atoms with Crippen molar-refractivity contribution < 1.29 is 45.7 Å². The van der Waals surface area contributed by atoms with Gasteiger partial charge in [0.15, 0.2) is 29.0 Å². The van der Waals surface area contributed by atoms with Crippen molar-refractivity contribution in [2.24, 2.45) is 0 Å². The maximum absolute atomic E-state index is 14.1. The molecule has 0 saturated heterocycles. The van der Waals surface area contributed by atoms with Crippen molar-refractivity contribution in [2.75, 3.05) is 13.2 Å². The summed E-state index contributed by atoms with van der Waals surface area (Å²) in [4.78, 5) is 0. The lowest BCUT2D eigenvalue weighted by Gasteiger charge is -2.31. The van der Waals surface area contributed by atoms with Gasteiger partial charge in [-0.25, -0.2) is 13.2 Å². The Kier molecular flexibility index (Phi) is 7.73. The quantitative estimate of drug-likeness (QED) is 0.363. The van der Waals surface area contributed by atoms with Crippen LogP contribution in [-0.4, -0.2) is 24.5 Å². The standard InChI is InChI=1S/C24H20F6O4/c1-2-33-22-19(26)11-16(12-20(22)27)23(31,24(28,29)30)14-32-13-15-8-9-18(25)21(10-15)34-17-6-4-3-5-7-17/h3-12,31H,2,13-14H2,1H3/t23-/m1/s1. The van der Waals surface area contributed by atoms with Crippen LogP contribution in [0.5, 0.6) is 17.2 Å². The second-order valence-corrected chi connectivity index (χ2v) is 7.23. The molecule has 4 nitrogen and oxygen atoms in total. The van der Waals surface area contributed by atoms with Crippen molar-refractivity contribution in [1.29, 1.82) is 0 Å². The number of aliphatic hydroxyl groups is 1. The van der Waals surface area contributed by atoms with E-state index in [1.807, 2.05) is 0 Å². The summed E-state index contributed by atoms with van der Waals surface area (Å²) >= 11 is 0. The molecule has 0 heterocycles. The van der Waals surface area contributed by atoms with Crippen LogP contribution in [-0.2, 0) is 16.9 Å². The fourth-order valence-corrected chi connectivity index (χ4v) is 3.06. The third-order valence-electron chi connectivity index (χ3n) is 4.78. The molecule has 0 spiro atoms. The Labute approximate surface area is 191 Å². The third-order valence-corrected chi connectivity index (χ3v) is 4.78. The van der Waals surface area contributed by atoms with Crippen molar-refractivity contribution >= 4 is 0 Å². The predicted octanol–water partition coefficient (Wildman–Crippen LogP) is 6.26. The molecule has 0 amide bonds. The Hall–Kier alpha value is -3.24. The van der Waals surface area contributed by atoms with Crippen LogP contribution in [0.4, 0.5) is 26.3 Å². The zero-order valence-corrected chi connectivity index (χ0v) is 17.8. The molecule has 0 radical (unpaired) electrons. The van der Waals surface area contributed by atoms with Crippen LogP contribution < -0.4 is 9.47 Å². The van der Waals surface area contributed by atoms with Crippen molar-refractivity contribution in [1.82, 2.24) is 0 Å². The Balaban J connectivity index is 1.79. The number of benzene rings is 3. The molecule has 34 heavy (non-hydrogen) atoms. The van der Waals surface area contributed by atoms with Crippen molar-refractivity contribution in [3.8, 4) is 17.2 Å². The van der Waals surface area contributed by atoms with Gasteiger partial charge in [-0.1, -0.05) is 24.3 Å². The summed E-state index contributed by atoms with van der Waals surface area (Å²) in [5, 5.41) is 10.4. The number of hydrogen-bond donors (Lipinski definition) is 1. The monoisotopic (exact) mass is 486 g/mol. The highest BCUT2D eigenvalue weighted by atomic mass is 19.4. The topological polar surface area (TPSA) is 47.9 Å². The first-order valence-electron chi connectivity index (χ1n) is 10.1. The van der Waals surface area contributed by atoms with E-state index in [2.05, 4.69) is 0 Å². The molecule has 0 aliphatic rings. The van der Waals surface area contributed by atoms with Gasteiger partial charge in [0, 0.05) is 5.56 Å². The van der Waals surface area contributed by atoms with Gasteiger partial charge in [-0.05, 0) is 48.9 Å². The molecule has 10 heteroatoms. The first-order chi connectivity index (χ1) is 16.0. The number of rotatable bonds is 9. The average molecular weight is 486 g/mol. The van der Waals surface area contributed by atoms with E-state index in [4.69, 9.17) is 14.2 Å². The highest BCUT2D eigenvalue weighted by Crippen LogP contribution is 2.41. The van der Waals surface area contributed by atoms with Crippen LogP contribution >= 0.6 is 0 Å². The summed E-state index contributed by atoms with van der Waals surface area (Å²) in [5.74, 6) is -4.21. The zero-order chi connectivity index (χ0) is 24.9. The average Bonchev–Trinajstić information content (AvgIpc) is 2.78. The van der Waals surface area contributed by atoms with E-state index in [1.165, 1.54) is 19.1 Å². The maximum atomic E-state index is 14.1. The molecule has 0 aromatic heterocycles. The van der Waals surface area contributed by atoms with Crippen LogP contribution in [0.15, 0.2) is 60.7 Å². The van der Waals surface area contributed by atoms with E-state index in [-0.39, 0.29) is 17.9 Å². The Bertz CT molecular complexity index is 1100. The minimum Gasteiger partial charge on any atom is -0.488 e. The van der Waals surface area contributed by atoms with Crippen molar-refractivity contribution in [3.05, 3.63) is 89.2 Å². The van der Waals surface area contributed by atoms with Crippen molar-refractivity contribution in [2.45, 2.75) is 25.3 Å². The molecule has 1 N–H and O–H groups in total. The molecule has 0 saturated carbocycles. The van der Waals surface area contributed by atoms with Crippen LogP contribution in [0, 0.1) is 17.5 Å². The smallest absolute Gasteiger partial charge is 0.423 e. The minimum atomic E-state index is -5.33. The number of hydrogen-bond acceptors (Lipinski definition) is 4. The van der Waals surface area contributed by atoms with Crippen LogP contribution in [0.2, 0.25) is 0 Å². The van der Waals surface area contributed by atoms with Gasteiger partial charge in [-0.2, -0.15) is 13.2 Å². The highest BCUT2D eigenvalue weighted by Gasteiger charge is 2.56. The van der Waals surface area contributed by atoms with Gasteiger partial charge in [0.05, 0.1) is 19.8 Å². The maximum Gasteiger partial charge on any atom is 0.423 e. The zero-order valence-electron chi connectivity index (χ0n) is 17.8. The van der Waals surface area contributed by atoms with E-state index in [1.54, 1.807) is 30.3 Å². The molecule has 0 unspecified atom stereocenters. The fourth-order valence-electron chi connectivity index (χ4n) is 3.06. The SMILES string of the molecule is CCOc1c(F)cc([C@](O)(COCc2ccc(F)c(Oc3ccccc3)c2)C(F)(F)F)cc1F. The molecule has 0 aliphatic heterocycles. The Morgan fingerprint density at radius 1 is 0.853 bits per heavy atom. The van der Waals surface area contributed by atoms with Crippen LogP contribution in [0.25, 0.3) is 0 Å². The summed E-state index contributed by atoms with van der Waals surface area (Å²) in [6.45, 7) is -0.534. The number of ether oxygens (including phenoxy) is 3. The Morgan fingerprint density at radius 2 is 1.50 bits per heavy atom. The van der Waals surface area contributed by atoms with Gasteiger partial charge in [0.25, 0.3) is 0 Å². The first kappa shape index (κ1) is 25.4. The summed E-state index contributed by atoms with van der Waals surface area (Å²) in [6, 6.07) is 12.5. The van der Waals surface area contributed by atoms with E-state index in [0.717, 1.165) is 6.07 Å². The first-order valence-corrected chi connectivity index (χ1v) is 10.1. The summed E-state index contributed by atoms with van der Waals surface area (Å²) in [6.07, 6.45) is -5.33. The molecule has 3 rings (SSSR count). The van der Waals surface area contributed by atoms with Gasteiger partial charge < -0.3 is 19.3 Å². The molecule has 3 aromatic rings. The molecule has 0 aliphatic carbocycles. The predicted molar refractivity (Wildman–Crippen MR) is 110 cm³/mol. The molecule has 1 atom stereocenters. The molecule has 3 aromatic carbocycles. The normalized spacial score (nSPS) is 13.4. The second kappa shape index (κ2) is 10.4. The molecule has 0 bridgehead atoms. The number of para-hydroxylation sites is 1. The lowest BCUT2D eigenvalue weighted by molar-refractivity contribution is -0.283. The van der Waals surface area contributed by atoms with Gasteiger partial charge in [-0.3, -0.25) is 0 Å². The number of alkyl halides is 3. The van der Waals surface area contributed by atoms with E-state index in [0.29, 0.717) is 17.9 Å². The summed E-state index contributed by atoms with van der Waals surface area (Å²) in [7, 11) is 0. The summed E-state index contributed by atoms with van der Waals surface area (Å²) in [5.41, 5.74) is -4.57. The summed E-state index contributed by atoms with van der Waals surface area (Å²) < 4.78 is 98.7. The van der Waals surface area contributed by atoms with Crippen LogP contribution in [0.3, 0.4) is 0 Å². The van der Waals surface area contributed by atoms with Gasteiger partial charge >= 0.3 is 6.18 Å². The minimum absolute atomic E-state index is 0.118. The Morgan fingerprint density at radius 3 is 2.09 bits per heavy atom. The lowest BCUT2D eigenvalue weighted by atomic mass is 9.93. The fraction of sp³-hybridized carbons (Fsp3) is 0.250.